The summed E-state index contributed by atoms with van der Waals surface area (Å²) in [7, 11) is 0. The van der Waals surface area contributed by atoms with Gasteiger partial charge in [-0.1, -0.05) is 24.3 Å². The Bertz CT molecular complexity index is 989. The first-order valence-electron chi connectivity index (χ1n) is 9.48. The van der Waals surface area contributed by atoms with E-state index in [-0.39, 0.29) is 18.2 Å². The summed E-state index contributed by atoms with van der Waals surface area (Å²) in [4.78, 5) is 28.1. The topological polar surface area (TPSA) is 85.0 Å². The number of aromatic nitrogens is 3. The van der Waals surface area contributed by atoms with Crippen LogP contribution in [-0.2, 0) is 11.2 Å². The first-order chi connectivity index (χ1) is 13.6. The van der Waals surface area contributed by atoms with E-state index in [1.807, 2.05) is 48.2 Å². The molecular formula is C22H23N5O. The summed E-state index contributed by atoms with van der Waals surface area (Å²) in [5.74, 6) is 1.03. The Kier molecular flexibility index (Phi) is 5.02. The minimum absolute atomic E-state index is 0.0413. The summed E-state index contributed by atoms with van der Waals surface area (Å²) in [6, 6.07) is 13.6. The van der Waals surface area contributed by atoms with Crippen molar-refractivity contribution in [3.8, 4) is 11.3 Å². The quantitative estimate of drug-likeness (QED) is 0.760. The SMILES string of the molecule is Cc1ccccc1-c1ccc(N)c(CC(=O)N2CCC(c3ncccn3)C2)n1. The predicted molar refractivity (Wildman–Crippen MR) is 108 cm³/mol. The predicted octanol–water partition coefficient (Wildman–Crippen LogP) is 2.99. The second-order valence-electron chi connectivity index (χ2n) is 7.16. The van der Waals surface area contributed by atoms with Crippen molar-refractivity contribution in [3.63, 3.8) is 0 Å². The standard InChI is InChI=1S/C22H23N5O/c1-15-5-2-3-6-17(15)19-8-7-18(23)20(26-19)13-21(28)27-12-9-16(14-27)22-24-10-4-11-25-22/h2-8,10-11,16H,9,12-14,23H2,1H3. The van der Waals surface area contributed by atoms with Crippen LogP contribution in [0.1, 0.15) is 29.4 Å². The highest BCUT2D eigenvalue weighted by Gasteiger charge is 2.29. The number of nitrogens with zero attached hydrogens (tertiary/aromatic N) is 4. The second-order valence-corrected chi connectivity index (χ2v) is 7.16. The molecule has 1 unspecified atom stereocenters. The number of hydrogen-bond donors (Lipinski definition) is 1. The first kappa shape index (κ1) is 18.1. The number of hydrogen-bond acceptors (Lipinski definition) is 5. The van der Waals surface area contributed by atoms with Crippen LogP contribution in [0.3, 0.4) is 0 Å². The Labute approximate surface area is 164 Å². The maximum Gasteiger partial charge on any atom is 0.228 e. The second kappa shape index (κ2) is 7.76. The fourth-order valence-corrected chi connectivity index (χ4v) is 3.64. The van der Waals surface area contributed by atoms with Gasteiger partial charge in [0.05, 0.1) is 23.5 Å². The van der Waals surface area contributed by atoms with Crippen molar-refractivity contribution >= 4 is 11.6 Å². The Hall–Kier alpha value is -3.28. The Morgan fingerprint density at radius 2 is 1.93 bits per heavy atom. The lowest BCUT2D eigenvalue weighted by molar-refractivity contribution is -0.129. The summed E-state index contributed by atoms with van der Waals surface area (Å²) < 4.78 is 0. The number of pyridine rings is 1. The molecule has 1 aliphatic rings. The van der Waals surface area contributed by atoms with Crippen LogP contribution >= 0.6 is 0 Å². The Balaban J connectivity index is 1.49. The number of nitrogen functional groups attached to an aromatic ring is 1. The van der Waals surface area contributed by atoms with Crippen molar-refractivity contribution < 1.29 is 4.79 Å². The fourth-order valence-electron chi connectivity index (χ4n) is 3.64. The van der Waals surface area contributed by atoms with Crippen molar-refractivity contribution in [2.24, 2.45) is 0 Å². The van der Waals surface area contributed by atoms with Gasteiger partial charge in [0, 0.05) is 37.0 Å². The smallest absolute Gasteiger partial charge is 0.228 e. The van der Waals surface area contributed by atoms with E-state index in [2.05, 4.69) is 9.97 Å². The van der Waals surface area contributed by atoms with E-state index in [1.165, 1.54) is 0 Å². The molecule has 0 saturated carbocycles. The third-order valence-corrected chi connectivity index (χ3v) is 5.24. The molecule has 1 aromatic carbocycles. The van der Waals surface area contributed by atoms with E-state index in [9.17, 15) is 4.79 Å². The first-order valence-corrected chi connectivity index (χ1v) is 9.48. The average molecular weight is 373 g/mol. The number of carbonyl (C=O) groups excluding carboxylic acids is 1. The molecule has 3 aromatic rings. The summed E-state index contributed by atoms with van der Waals surface area (Å²) in [6.07, 6.45) is 4.57. The molecular weight excluding hydrogens is 350 g/mol. The molecule has 1 aliphatic heterocycles. The Morgan fingerprint density at radius 3 is 2.71 bits per heavy atom. The summed E-state index contributed by atoms with van der Waals surface area (Å²) in [5, 5.41) is 0. The molecule has 1 atom stereocenters. The van der Waals surface area contributed by atoms with Crippen LogP contribution in [0.15, 0.2) is 54.9 Å². The van der Waals surface area contributed by atoms with Gasteiger partial charge in [-0.3, -0.25) is 9.78 Å². The lowest BCUT2D eigenvalue weighted by atomic mass is 10.0. The van der Waals surface area contributed by atoms with Gasteiger partial charge in [0.25, 0.3) is 0 Å². The number of likely N-dealkylation sites (tertiary alicyclic amines) is 1. The molecule has 0 bridgehead atoms. The average Bonchev–Trinajstić information content (AvgIpc) is 3.21. The number of amides is 1. The zero-order valence-corrected chi connectivity index (χ0v) is 15.9. The van der Waals surface area contributed by atoms with Crippen molar-refractivity contribution in [1.82, 2.24) is 19.9 Å². The number of benzene rings is 1. The summed E-state index contributed by atoms with van der Waals surface area (Å²) in [5.41, 5.74) is 10.3. The number of aryl methyl sites for hydroxylation is 1. The van der Waals surface area contributed by atoms with Crippen molar-refractivity contribution in [2.75, 3.05) is 18.8 Å². The van der Waals surface area contributed by atoms with E-state index < -0.39 is 0 Å². The van der Waals surface area contributed by atoms with E-state index in [1.54, 1.807) is 18.5 Å². The van der Waals surface area contributed by atoms with Crippen LogP contribution in [0.5, 0.6) is 0 Å². The maximum absolute atomic E-state index is 12.8. The van der Waals surface area contributed by atoms with E-state index in [4.69, 9.17) is 10.7 Å². The molecule has 0 spiro atoms. The molecule has 28 heavy (non-hydrogen) atoms. The van der Waals surface area contributed by atoms with Gasteiger partial charge >= 0.3 is 0 Å². The van der Waals surface area contributed by atoms with Gasteiger partial charge in [-0.15, -0.1) is 0 Å². The Morgan fingerprint density at radius 1 is 1.14 bits per heavy atom. The molecule has 2 N–H and O–H groups in total. The van der Waals surface area contributed by atoms with Crippen molar-refractivity contribution in [2.45, 2.75) is 25.7 Å². The van der Waals surface area contributed by atoms with Gasteiger partial charge in [-0.05, 0) is 37.1 Å². The molecule has 4 rings (SSSR count). The third-order valence-electron chi connectivity index (χ3n) is 5.24. The minimum Gasteiger partial charge on any atom is -0.397 e. The maximum atomic E-state index is 12.8. The molecule has 1 amide bonds. The number of nitrogens with two attached hydrogens (primary N) is 1. The van der Waals surface area contributed by atoms with E-state index in [0.717, 1.165) is 29.1 Å². The molecule has 0 aliphatic carbocycles. The largest absolute Gasteiger partial charge is 0.397 e. The van der Waals surface area contributed by atoms with Crippen LogP contribution in [0.4, 0.5) is 5.69 Å². The highest BCUT2D eigenvalue weighted by atomic mass is 16.2. The molecule has 6 heteroatoms. The highest BCUT2D eigenvalue weighted by Crippen LogP contribution is 2.26. The molecule has 1 saturated heterocycles. The molecule has 1 fully saturated rings. The molecule has 6 nitrogen and oxygen atoms in total. The monoisotopic (exact) mass is 373 g/mol. The summed E-state index contributed by atoms with van der Waals surface area (Å²) in [6.45, 7) is 3.40. The van der Waals surface area contributed by atoms with Crippen LogP contribution in [0.2, 0.25) is 0 Å². The van der Waals surface area contributed by atoms with Gasteiger partial charge in [0.15, 0.2) is 0 Å². The molecule has 2 aromatic heterocycles. The number of anilines is 1. The third kappa shape index (κ3) is 3.71. The van der Waals surface area contributed by atoms with E-state index >= 15 is 0 Å². The lowest BCUT2D eigenvalue weighted by Gasteiger charge is -2.17. The van der Waals surface area contributed by atoms with Gasteiger partial charge in [0.2, 0.25) is 5.91 Å². The zero-order chi connectivity index (χ0) is 19.5. The molecule has 3 heterocycles. The van der Waals surface area contributed by atoms with E-state index in [0.29, 0.717) is 24.5 Å². The molecule has 0 radical (unpaired) electrons. The van der Waals surface area contributed by atoms with Gasteiger partial charge in [0.1, 0.15) is 5.82 Å². The zero-order valence-electron chi connectivity index (χ0n) is 15.9. The van der Waals surface area contributed by atoms with Crippen LogP contribution in [0, 0.1) is 6.92 Å². The minimum atomic E-state index is 0.0413. The summed E-state index contributed by atoms with van der Waals surface area (Å²) >= 11 is 0. The number of carbonyl (C=O) groups is 1. The lowest BCUT2D eigenvalue weighted by Crippen LogP contribution is -2.30. The van der Waals surface area contributed by atoms with Crippen LogP contribution in [-0.4, -0.2) is 38.8 Å². The molecule has 142 valence electrons. The van der Waals surface area contributed by atoms with Crippen LogP contribution in [0.25, 0.3) is 11.3 Å². The highest BCUT2D eigenvalue weighted by molar-refractivity contribution is 5.80. The van der Waals surface area contributed by atoms with Gasteiger partial charge < -0.3 is 10.6 Å². The van der Waals surface area contributed by atoms with Crippen LogP contribution < -0.4 is 5.73 Å². The van der Waals surface area contributed by atoms with Gasteiger partial charge in [-0.25, -0.2) is 9.97 Å². The number of rotatable bonds is 4. The van der Waals surface area contributed by atoms with Gasteiger partial charge in [-0.2, -0.15) is 0 Å². The van der Waals surface area contributed by atoms with Crippen molar-refractivity contribution in [3.05, 3.63) is 71.9 Å². The normalized spacial score (nSPS) is 16.3. The fraction of sp³-hybridized carbons (Fsp3) is 0.273. The van der Waals surface area contributed by atoms with Crippen molar-refractivity contribution in [1.29, 1.82) is 0 Å².